The molecule has 0 spiro atoms. The number of rotatable bonds is 4. The van der Waals surface area contributed by atoms with Crippen molar-refractivity contribution < 1.29 is 0 Å². The third-order valence-corrected chi connectivity index (χ3v) is 10.9. The molecule has 0 fully saturated rings. The van der Waals surface area contributed by atoms with Gasteiger partial charge in [0, 0.05) is 32.8 Å². The zero-order valence-corrected chi connectivity index (χ0v) is 27.9. The van der Waals surface area contributed by atoms with E-state index >= 15 is 0 Å². The molecule has 1 aliphatic rings. The van der Waals surface area contributed by atoms with Crippen LogP contribution in [-0.4, -0.2) is 9.13 Å². The van der Waals surface area contributed by atoms with Gasteiger partial charge in [-0.2, -0.15) is 0 Å². The molecular formula is C49H32N2. The number of aromatic nitrogens is 2. The van der Waals surface area contributed by atoms with E-state index < -0.39 is 0 Å². The minimum atomic E-state index is 0.983. The molecule has 0 unspecified atom stereocenters. The first-order valence-electron chi connectivity index (χ1n) is 17.7. The van der Waals surface area contributed by atoms with E-state index in [0.29, 0.717) is 0 Å². The molecule has 0 bridgehead atoms. The summed E-state index contributed by atoms with van der Waals surface area (Å²) in [6.07, 6.45) is 0.983. The minimum Gasteiger partial charge on any atom is -0.309 e. The summed E-state index contributed by atoms with van der Waals surface area (Å²) < 4.78 is 4.88. The Kier molecular flexibility index (Phi) is 6.05. The predicted octanol–water partition coefficient (Wildman–Crippen LogP) is 12.8. The first-order chi connectivity index (χ1) is 25.3. The van der Waals surface area contributed by atoms with Crippen molar-refractivity contribution in [1.29, 1.82) is 0 Å². The Morgan fingerprint density at radius 1 is 0.314 bits per heavy atom. The fourth-order valence-electron chi connectivity index (χ4n) is 8.64. The monoisotopic (exact) mass is 648 g/mol. The van der Waals surface area contributed by atoms with Gasteiger partial charge in [-0.3, -0.25) is 0 Å². The molecular weight excluding hydrogens is 617 g/mol. The van der Waals surface area contributed by atoms with Gasteiger partial charge in [0.2, 0.25) is 0 Å². The maximum atomic E-state index is 2.44. The normalized spacial score (nSPS) is 12.2. The molecule has 0 saturated carbocycles. The van der Waals surface area contributed by atoms with Crippen molar-refractivity contribution in [3.05, 3.63) is 193 Å². The highest BCUT2D eigenvalue weighted by molar-refractivity contribution is 6.13. The van der Waals surface area contributed by atoms with Crippen LogP contribution in [0.3, 0.4) is 0 Å². The first kappa shape index (κ1) is 28.2. The molecule has 8 aromatic carbocycles. The Morgan fingerprint density at radius 2 is 0.863 bits per heavy atom. The number of hydrogen-bond acceptors (Lipinski definition) is 0. The van der Waals surface area contributed by atoms with Crippen molar-refractivity contribution in [1.82, 2.24) is 9.13 Å². The molecule has 0 amide bonds. The number of fused-ring (bicyclic) bond motifs is 9. The van der Waals surface area contributed by atoms with Gasteiger partial charge in [0.05, 0.1) is 27.8 Å². The van der Waals surface area contributed by atoms with E-state index in [1.165, 1.54) is 99.5 Å². The van der Waals surface area contributed by atoms with Crippen molar-refractivity contribution in [3.63, 3.8) is 0 Å². The lowest BCUT2D eigenvalue weighted by Gasteiger charge is -2.14. The SMILES string of the molecule is c1ccc(-c2ccccc2-n2c3ccccc3c3cc(-c4ccc5c(c4)c4ccccc4n5-c4ccc5c(c4)Cc4ccccc4-5)ccc32)cc1. The summed E-state index contributed by atoms with van der Waals surface area (Å²) in [7, 11) is 0. The van der Waals surface area contributed by atoms with Crippen molar-refractivity contribution in [2.75, 3.05) is 0 Å². The maximum Gasteiger partial charge on any atom is 0.0541 e. The zero-order chi connectivity index (χ0) is 33.5. The Balaban J connectivity index is 1.07. The van der Waals surface area contributed by atoms with Gasteiger partial charge in [0.25, 0.3) is 0 Å². The molecule has 0 atom stereocenters. The highest BCUT2D eigenvalue weighted by Crippen LogP contribution is 2.42. The topological polar surface area (TPSA) is 9.86 Å². The van der Waals surface area contributed by atoms with E-state index in [1.54, 1.807) is 0 Å². The van der Waals surface area contributed by atoms with Gasteiger partial charge in [0.15, 0.2) is 0 Å². The smallest absolute Gasteiger partial charge is 0.0541 e. The summed E-state index contributed by atoms with van der Waals surface area (Å²) in [6.45, 7) is 0. The quantitative estimate of drug-likeness (QED) is 0.180. The minimum absolute atomic E-state index is 0.983. The van der Waals surface area contributed by atoms with Crippen LogP contribution >= 0.6 is 0 Å². The second-order valence-electron chi connectivity index (χ2n) is 13.7. The van der Waals surface area contributed by atoms with E-state index in [2.05, 4.69) is 191 Å². The molecule has 0 radical (unpaired) electrons. The molecule has 51 heavy (non-hydrogen) atoms. The Morgan fingerprint density at radius 3 is 1.61 bits per heavy atom. The highest BCUT2D eigenvalue weighted by atomic mass is 15.0. The van der Waals surface area contributed by atoms with E-state index in [1.807, 2.05) is 0 Å². The van der Waals surface area contributed by atoms with E-state index in [-0.39, 0.29) is 0 Å². The Hall–Kier alpha value is -6.64. The lowest BCUT2D eigenvalue weighted by atomic mass is 10.0. The predicted molar refractivity (Wildman–Crippen MR) is 214 cm³/mol. The molecule has 2 nitrogen and oxygen atoms in total. The third kappa shape index (κ3) is 4.23. The lowest BCUT2D eigenvalue weighted by molar-refractivity contribution is 1.16. The summed E-state index contributed by atoms with van der Waals surface area (Å²) in [6, 6.07) is 66.9. The molecule has 2 heterocycles. The lowest BCUT2D eigenvalue weighted by Crippen LogP contribution is -1.97. The molecule has 2 aromatic heterocycles. The van der Waals surface area contributed by atoms with Crippen LogP contribution in [0, 0.1) is 0 Å². The summed E-state index contributed by atoms with van der Waals surface area (Å²) in [5.74, 6) is 0. The van der Waals surface area contributed by atoms with Crippen molar-refractivity contribution in [2.45, 2.75) is 6.42 Å². The van der Waals surface area contributed by atoms with Gasteiger partial charge < -0.3 is 9.13 Å². The Labute approximate surface area is 296 Å². The van der Waals surface area contributed by atoms with Crippen LogP contribution < -0.4 is 0 Å². The van der Waals surface area contributed by atoms with Gasteiger partial charge in [-0.25, -0.2) is 0 Å². The molecule has 0 saturated heterocycles. The van der Waals surface area contributed by atoms with Crippen molar-refractivity contribution in [2.24, 2.45) is 0 Å². The van der Waals surface area contributed by atoms with Crippen molar-refractivity contribution >= 4 is 43.6 Å². The summed E-state index contributed by atoms with van der Waals surface area (Å²) >= 11 is 0. The standard InChI is InChI=1S/C49H32N2/c1-2-12-32(13-3-1)40-16-6-9-19-45(40)51-47-21-11-8-18-42(47)44-31-34(23-27-49(44)51)33-22-26-48-43(30-33)41-17-7-10-20-46(41)50(48)37-24-25-39-36(29-37)28-35-14-4-5-15-38(35)39/h1-27,29-31H,28H2. The first-order valence-corrected chi connectivity index (χ1v) is 17.7. The van der Waals surface area contributed by atoms with Crippen LogP contribution in [0.2, 0.25) is 0 Å². The van der Waals surface area contributed by atoms with Crippen LogP contribution in [0.4, 0.5) is 0 Å². The van der Waals surface area contributed by atoms with Gasteiger partial charge in [0.1, 0.15) is 0 Å². The average molecular weight is 649 g/mol. The van der Waals surface area contributed by atoms with Crippen LogP contribution in [0.15, 0.2) is 182 Å². The average Bonchev–Trinajstić information content (AvgIpc) is 3.85. The molecule has 2 heteroatoms. The zero-order valence-electron chi connectivity index (χ0n) is 27.9. The number of benzene rings is 8. The largest absolute Gasteiger partial charge is 0.309 e. The second-order valence-corrected chi connectivity index (χ2v) is 13.7. The molecule has 10 aromatic rings. The van der Waals surface area contributed by atoms with E-state index in [9.17, 15) is 0 Å². The summed E-state index contributed by atoms with van der Waals surface area (Å²) in [4.78, 5) is 0. The third-order valence-electron chi connectivity index (χ3n) is 10.9. The fourth-order valence-corrected chi connectivity index (χ4v) is 8.64. The van der Waals surface area contributed by atoms with Crippen molar-refractivity contribution in [3.8, 4) is 44.8 Å². The van der Waals surface area contributed by atoms with Crippen LogP contribution in [0.25, 0.3) is 88.4 Å². The van der Waals surface area contributed by atoms with E-state index in [0.717, 1.165) is 6.42 Å². The summed E-state index contributed by atoms with van der Waals surface area (Å²) in [5.41, 5.74) is 17.7. The second kappa shape index (κ2) is 10.9. The molecule has 11 rings (SSSR count). The van der Waals surface area contributed by atoms with Gasteiger partial charge in [-0.05, 0) is 100.0 Å². The summed E-state index contributed by atoms with van der Waals surface area (Å²) in [5, 5.41) is 5.06. The Bertz CT molecular complexity index is 2990. The fraction of sp³-hybridized carbons (Fsp3) is 0.0204. The molecule has 0 N–H and O–H groups in total. The van der Waals surface area contributed by atoms with Gasteiger partial charge in [-0.1, -0.05) is 127 Å². The van der Waals surface area contributed by atoms with E-state index in [4.69, 9.17) is 0 Å². The molecule has 238 valence electrons. The van der Waals surface area contributed by atoms with Gasteiger partial charge >= 0.3 is 0 Å². The highest BCUT2D eigenvalue weighted by Gasteiger charge is 2.21. The molecule has 0 aliphatic heterocycles. The van der Waals surface area contributed by atoms with Crippen LogP contribution in [-0.2, 0) is 6.42 Å². The number of nitrogens with zero attached hydrogens (tertiary/aromatic N) is 2. The molecule has 1 aliphatic carbocycles. The van der Waals surface area contributed by atoms with Crippen LogP contribution in [0.5, 0.6) is 0 Å². The number of hydrogen-bond donors (Lipinski definition) is 0. The van der Waals surface area contributed by atoms with Gasteiger partial charge in [-0.15, -0.1) is 0 Å². The maximum absolute atomic E-state index is 2.44. The van der Waals surface area contributed by atoms with Crippen LogP contribution in [0.1, 0.15) is 11.1 Å². The number of para-hydroxylation sites is 3.